The predicted molar refractivity (Wildman–Crippen MR) is 131 cm³/mol. The highest BCUT2D eigenvalue weighted by molar-refractivity contribution is 6.07. The van der Waals surface area contributed by atoms with Crippen LogP contribution in [0.25, 0.3) is 0 Å². The summed E-state index contributed by atoms with van der Waals surface area (Å²) in [5, 5.41) is 30.3. The van der Waals surface area contributed by atoms with E-state index in [9.17, 15) is 29.7 Å². The normalized spacial score (nSPS) is 11.5. The second kappa shape index (κ2) is 13.4. The number of carbonyl (C=O) groups is 3. The minimum absolute atomic E-state index is 0.0180. The average molecular weight is 463 g/mol. The van der Waals surface area contributed by atoms with Crippen LogP contribution in [0, 0.1) is 17.8 Å². The first-order chi connectivity index (χ1) is 15.4. The van der Waals surface area contributed by atoms with Gasteiger partial charge in [0.25, 0.3) is 0 Å². The third kappa shape index (κ3) is 8.49. The van der Waals surface area contributed by atoms with Crippen molar-refractivity contribution in [1.82, 2.24) is 0 Å². The van der Waals surface area contributed by atoms with Crippen molar-refractivity contribution in [3.8, 4) is 0 Å². The second-order valence-corrected chi connectivity index (χ2v) is 10.3. The molecule has 3 N–H and O–H groups in total. The maximum Gasteiger partial charge on any atom is 0.336 e. The van der Waals surface area contributed by atoms with Gasteiger partial charge in [-0.3, -0.25) is 0 Å². The van der Waals surface area contributed by atoms with Gasteiger partial charge < -0.3 is 15.3 Å². The largest absolute Gasteiger partial charge is 0.478 e. The average Bonchev–Trinajstić information content (AvgIpc) is 2.66. The second-order valence-electron chi connectivity index (χ2n) is 10.3. The van der Waals surface area contributed by atoms with Crippen molar-refractivity contribution in [3.63, 3.8) is 0 Å². The van der Waals surface area contributed by atoms with E-state index < -0.39 is 17.9 Å². The number of hydrogen-bond donors (Lipinski definition) is 3. The lowest BCUT2D eigenvalue weighted by molar-refractivity contribution is 0.0646. The van der Waals surface area contributed by atoms with Crippen molar-refractivity contribution in [2.75, 3.05) is 0 Å². The molecular formula is C27H42O6. The van der Waals surface area contributed by atoms with Crippen molar-refractivity contribution in [3.05, 3.63) is 33.4 Å². The van der Waals surface area contributed by atoms with Gasteiger partial charge in [-0.1, -0.05) is 60.8 Å². The zero-order chi connectivity index (χ0) is 25.3. The minimum atomic E-state index is -1.37. The first kappa shape index (κ1) is 28.7. The van der Waals surface area contributed by atoms with Gasteiger partial charge in [0, 0.05) is 0 Å². The SMILES string of the molecule is CC(C)CCCc1c(CCCC(C)C)c(C(=O)O)c(C(=O)O)c(CCCC(C)C)c1C(=O)O. The molecule has 0 saturated heterocycles. The van der Waals surface area contributed by atoms with Crippen LogP contribution in [0.4, 0.5) is 0 Å². The molecule has 0 heterocycles. The summed E-state index contributed by atoms with van der Waals surface area (Å²) in [5.74, 6) is -2.60. The number of hydrogen-bond acceptors (Lipinski definition) is 3. The van der Waals surface area contributed by atoms with E-state index in [2.05, 4.69) is 27.7 Å². The molecule has 1 rings (SSSR count). The molecule has 0 atom stereocenters. The molecule has 0 bridgehead atoms. The fourth-order valence-corrected chi connectivity index (χ4v) is 4.50. The number of carboxylic acid groups (broad SMARTS) is 3. The standard InChI is InChI=1S/C27H42O6/c1-16(2)10-7-13-19-20(14-8-11-17(3)4)23(26(30)31)24(27(32)33)21(22(19)25(28)29)15-9-12-18(5)6/h16-18H,7-15H2,1-6H3,(H,28,29)(H,30,31)(H,32,33). The maximum absolute atomic E-state index is 12.5. The van der Waals surface area contributed by atoms with E-state index >= 15 is 0 Å². The minimum Gasteiger partial charge on any atom is -0.478 e. The fraction of sp³-hybridized carbons (Fsp3) is 0.667. The summed E-state index contributed by atoms with van der Waals surface area (Å²) >= 11 is 0. The van der Waals surface area contributed by atoms with E-state index in [1.807, 2.05) is 13.8 Å². The van der Waals surface area contributed by atoms with Crippen LogP contribution in [0.2, 0.25) is 0 Å². The Balaban J connectivity index is 3.84. The molecule has 33 heavy (non-hydrogen) atoms. The van der Waals surface area contributed by atoms with Crippen LogP contribution in [0.5, 0.6) is 0 Å². The van der Waals surface area contributed by atoms with Crippen molar-refractivity contribution in [2.24, 2.45) is 17.8 Å². The van der Waals surface area contributed by atoms with Gasteiger partial charge >= 0.3 is 17.9 Å². The summed E-state index contributed by atoms with van der Waals surface area (Å²) in [7, 11) is 0. The maximum atomic E-state index is 12.5. The molecule has 6 nitrogen and oxygen atoms in total. The molecule has 0 aliphatic rings. The van der Waals surface area contributed by atoms with Gasteiger partial charge in [-0.25, -0.2) is 14.4 Å². The summed E-state index contributed by atoms with van der Waals surface area (Å²) in [6, 6.07) is 0. The fourth-order valence-electron chi connectivity index (χ4n) is 4.50. The van der Waals surface area contributed by atoms with Crippen LogP contribution in [0.3, 0.4) is 0 Å². The van der Waals surface area contributed by atoms with Gasteiger partial charge in [-0.05, 0) is 73.0 Å². The van der Waals surface area contributed by atoms with Crippen LogP contribution in [0.15, 0.2) is 0 Å². The molecule has 0 aliphatic heterocycles. The summed E-state index contributed by atoms with van der Waals surface area (Å²) in [4.78, 5) is 37.2. The summed E-state index contributed by atoms with van der Waals surface area (Å²) < 4.78 is 0. The van der Waals surface area contributed by atoms with E-state index in [0.29, 0.717) is 54.6 Å². The highest BCUT2D eigenvalue weighted by atomic mass is 16.4. The Kier molecular flexibility index (Phi) is 11.6. The summed E-state index contributed by atoms with van der Waals surface area (Å²) in [6.07, 6.45) is 5.60. The first-order valence-corrected chi connectivity index (χ1v) is 12.3. The third-order valence-electron chi connectivity index (χ3n) is 6.09. The zero-order valence-corrected chi connectivity index (χ0v) is 21.2. The van der Waals surface area contributed by atoms with Crippen LogP contribution in [-0.2, 0) is 19.3 Å². The van der Waals surface area contributed by atoms with Gasteiger partial charge in [-0.2, -0.15) is 0 Å². The highest BCUT2D eigenvalue weighted by Gasteiger charge is 2.32. The molecule has 0 radical (unpaired) electrons. The molecular weight excluding hydrogens is 420 g/mol. The molecule has 0 aromatic heterocycles. The Morgan fingerprint density at radius 1 is 0.515 bits per heavy atom. The third-order valence-corrected chi connectivity index (χ3v) is 6.09. The van der Waals surface area contributed by atoms with Gasteiger partial charge in [0.15, 0.2) is 0 Å². The Morgan fingerprint density at radius 3 is 1.09 bits per heavy atom. The van der Waals surface area contributed by atoms with E-state index in [1.165, 1.54) is 0 Å². The van der Waals surface area contributed by atoms with Crippen molar-refractivity contribution in [1.29, 1.82) is 0 Å². The Hall–Kier alpha value is -2.37. The lowest BCUT2D eigenvalue weighted by atomic mass is 9.80. The van der Waals surface area contributed by atoms with Gasteiger partial charge in [-0.15, -0.1) is 0 Å². The number of carboxylic acids is 3. The molecule has 186 valence electrons. The van der Waals surface area contributed by atoms with Crippen LogP contribution < -0.4 is 0 Å². The Labute approximate surface area is 198 Å². The van der Waals surface area contributed by atoms with Crippen molar-refractivity contribution >= 4 is 17.9 Å². The molecule has 0 saturated carbocycles. The predicted octanol–water partition coefficient (Wildman–Crippen LogP) is 6.72. The Bertz CT molecular complexity index is 836. The Morgan fingerprint density at radius 2 is 0.788 bits per heavy atom. The van der Waals surface area contributed by atoms with Crippen LogP contribution in [0.1, 0.15) is 128 Å². The number of rotatable bonds is 15. The lowest BCUT2D eigenvalue weighted by Gasteiger charge is -2.23. The van der Waals surface area contributed by atoms with Crippen molar-refractivity contribution in [2.45, 2.75) is 99.3 Å². The van der Waals surface area contributed by atoms with Crippen molar-refractivity contribution < 1.29 is 29.7 Å². The lowest BCUT2D eigenvalue weighted by Crippen LogP contribution is -2.22. The van der Waals surface area contributed by atoms with Gasteiger partial charge in [0.05, 0.1) is 16.7 Å². The molecule has 6 heteroatoms. The monoisotopic (exact) mass is 462 g/mol. The molecule has 1 aromatic carbocycles. The number of aromatic carboxylic acids is 3. The van der Waals surface area contributed by atoms with E-state index in [-0.39, 0.29) is 28.7 Å². The van der Waals surface area contributed by atoms with E-state index in [0.717, 1.165) is 25.7 Å². The number of benzene rings is 1. The summed E-state index contributed by atoms with van der Waals surface area (Å²) in [6.45, 7) is 12.4. The van der Waals surface area contributed by atoms with E-state index in [4.69, 9.17) is 0 Å². The smallest absolute Gasteiger partial charge is 0.336 e. The van der Waals surface area contributed by atoms with Crippen LogP contribution in [-0.4, -0.2) is 33.2 Å². The first-order valence-electron chi connectivity index (χ1n) is 12.3. The molecule has 1 aromatic rings. The molecule has 0 aliphatic carbocycles. The zero-order valence-electron chi connectivity index (χ0n) is 21.2. The topological polar surface area (TPSA) is 112 Å². The quantitative estimate of drug-likeness (QED) is 0.267. The van der Waals surface area contributed by atoms with E-state index in [1.54, 1.807) is 0 Å². The summed E-state index contributed by atoms with van der Waals surface area (Å²) in [5.41, 5.74) is 0.555. The highest BCUT2D eigenvalue weighted by Crippen LogP contribution is 2.33. The molecule has 0 spiro atoms. The molecule has 0 fully saturated rings. The molecule has 0 unspecified atom stereocenters. The van der Waals surface area contributed by atoms with Gasteiger partial charge in [0.1, 0.15) is 0 Å². The molecule has 0 amide bonds. The van der Waals surface area contributed by atoms with Crippen LogP contribution >= 0.6 is 0 Å². The van der Waals surface area contributed by atoms with Gasteiger partial charge in [0.2, 0.25) is 0 Å².